The van der Waals surface area contributed by atoms with Crippen LogP contribution >= 0.6 is 0 Å². The largest absolute Gasteiger partial charge is 0.398 e. The SMILES string of the molecule is CCN(CC)C(C(=O)Nc1ccc(C)c(N)c1)C(C)C. The van der Waals surface area contributed by atoms with Crippen LogP contribution in [-0.2, 0) is 4.79 Å². The maximum Gasteiger partial charge on any atom is 0.241 e. The minimum Gasteiger partial charge on any atom is -0.398 e. The first-order valence-electron chi connectivity index (χ1n) is 7.31. The number of hydrogen-bond donors (Lipinski definition) is 2. The van der Waals surface area contributed by atoms with E-state index in [1.165, 1.54) is 0 Å². The molecular formula is C16H27N3O. The van der Waals surface area contributed by atoms with Gasteiger partial charge < -0.3 is 11.1 Å². The summed E-state index contributed by atoms with van der Waals surface area (Å²) in [4.78, 5) is 14.7. The molecule has 112 valence electrons. The lowest BCUT2D eigenvalue weighted by molar-refractivity contribution is -0.122. The number of carbonyl (C=O) groups excluding carboxylic acids is 1. The molecule has 1 atom stereocenters. The number of aryl methyl sites for hydroxylation is 1. The molecule has 0 aliphatic rings. The molecule has 0 aliphatic carbocycles. The number of benzene rings is 1. The molecule has 1 aromatic carbocycles. The molecule has 0 aliphatic heterocycles. The normalized spacial score (nSPS) is 12.8. The zero-order valence-corrected chi connectivity index (χ0v) is 13.2. The first kappa shape index (κ1) is 16.5. The molecule has 0 fully saturated rings. The monoisotopic (exact) mass is 277 g/mol. The van der Waals surface area contributed by atoms with E-state index in [1.807, 2.05) is 25.1 Å². The van der Waals surface area contributed by atoms with Crippen molar-refractivity contribution < 1.29 is 4.79 Å². The van der Waals surface area contributed by atoms with Crippen molar-refractivity contribution in [3.8, 4) is 0 Å². The molecule has 4 heteroatoms. The Hall–Kier alpha value is -1.55. The van der Waals surface area contributed by atoms with E-state index in [-0.39, 0.29) is 17.9 Å². The van der Waals surface area contributed by atoms with Gasteiger partial charge in [-0.1, -0.05) is 33.8 Å². The van der Waals surface area contributed by atoms with Crippen molar-refractivity contribution in [1.29, 1.82) is 0 Å². The summed E-state index contributed by atoms with van der Waals surface area (Å²) >= 11 is 0. The van der Waals surface area contributed by atoms with E-state index in [2.05, 4.69) is 37.9 Å². The van der Waals surface area contributed by atoms with Gasteiger partial charge in [0.15, 0.2) is 0 Å². The van der Waals surface area contributed by atoms with Crippen LogP contribution in [0.1, 0.15) is 33.3 Å². The zero-order valence-electron chi connectivity index (χ0n) is 13.2. The number of carbonyl (C=O) groups is 1. The standard InChI is InChI=1S/C16H27N3O/c1-6-19(7-2)15(11(3)4)16(20)18-13-9-8-12(5)14(17)10-13/h8-11,15H,6-7,17H2,1-5H3,(H,18,20). The van der Waals surface area contributed by atoms with Crippen molar-refractivity contribution in [3.05, 3.63) is 23.8 Å². The van der Waals surface area contributed by atoms with Gasteiger partial charge in [-0.3, -0.25) is 9.69 Å². The summed E-state index contributed by atoms with van der Waals surface area (Å²) in [7, 11) is 0. The van der Waals surface area contributed by atoms with E-state index in [0.29, 0.717) is 5.69 Å². The lowest BCUT2D eigenvalue weighted by atomic mass is 10.0. The Kier molecular flexibility index (Phi) is 6.02. The number of anilines is 2. The van der Waals surface area contributed by atoms with Gasteiger partial charge >= 0.3 is 0 Å². The number of hydrogen-bond acceptors (Lipinski definition) is 3. The average Bonchev–Trinajstić information content (AvgIpc) is 2.39. The van der Waals surface area contributed by atoms with Gasteiger partial charge in [0.1, 0.15) is 0 Å². The fourth-order valence-electron chi connectivity index (χ4n) is 2.44. The fraction of sp³-hybridized carbons (Fsp3) is 0.562. The molecule has 0 bridgehead atoms. The molecule has 0 spiro atoms. The minimum atomic E-state index is -0.118. The zero-order chi connectivity index (χ0) is 15.3. The number of likely N-dealkylation sites (N-methyl/N-ethyl adjacent to an activating group) is 1. The highest BCUT2D eigenvalue weighted by molar-refractivity contribution is 5.95. The maximum absolute atomic E-state index is 12.5. The highest BCUT2D eigenvalue weighted by atomic mass is 16.2. The van der Waals surface area contributed by atoms with Gasteiger partial charge in [0.2, 0.25) is 5.91 Å². The van der Waals surface area contributed by atoms with Crippen molar-refractivity contribution >= 4 is 17.3 Å². The van der Waals surface area contributed by atoms with Gasteiger partial charge in [-0.15, -0.1) is 0 Å². The Morgan fingerprint density at radius 1 is 1.30 bits per heavy atom. The van der Waals surface area contributed by atoms with Gasteiger partial charge in [0.25, 0.3) is 0 Å². The highest BCUT2D eigenvalue weighted by Crippen LogP contribution is 2.19. The molecule has 1 unspecified atom stereocenters. The van der Waals surface area contributed by atoms with Gasteiger partial charge in [0, 0.05) is 11.4 Å². The van der Waals surface area contributed by atoms with Crippen LogP contribution in [0.3, 0.4) is 0 Å². The summed E-state index contributed by atoms with van der Waals surface area (Å²) in [5, 5.41) is 2.98. The second kappa shape index (κ2) is 7.29. The molecule has 1 amide bonds. The Morgan fingerprint density at radius 2 is 1.90 bits per heavy atom. The lowest BCUT2D eigenvalue weighted by Crippen LogP contribution is -2.47. The van der Waals surface area contributed by atoms with Crippen molar-refractivity contribution in [2.24, 2.45) is 5.92 Å². The second-order valence-electron chi connectivity index (χ2n) is 5.47. The van der Waals surface area contributed by atoms with Crippen LogP contribution in [-0.4, -0.2) is 29.9 Å². The predicted octanol–water partition coefficient (Wildman–Crippen LogP) is 2.88. The molecule has 1 aromatic rings. The van der Waals surface area contributed by atoms with Gasteiger partial charge in [-0.25, -0.2) is 0 Å². The first-order chi connectivity index (χ1) is 9.40. The van der Waals surface area contributed by atoms with Crippen LogP contribution < -0.4 is 11.1 Å². The number of nitrogens with two attached hydrogens (primary N) is 1. The van der Waals surface area contributed by atoms with E-state index in [4.69, 9.17) is 5.73 Å². The third-order valence-electron chi connectivity index (χ3n) is 3.65. The van der Waals surface area contributed by atoms with Crippen LogP contribution in [0.2, 0.25) is 0 Å². The number of rotatable bonds is 6. The molecular weight excluding hydrogens is 250 g/mol. The summed E-state index contributed by atoms with van der Waals surface area (Å²) < 4.78 is 0. The summed E-state index contributed by atoms with van der Waals surface area (Å²) in [6, 6.07) is 5.51. The topological polar surface area (TPSA) is 58.4 Å². The van der Waals surface area contributed by atoms with Crippen LogP contribution in [0.25, 0.3) is 0 Å². The van der Waals surface area contributed by atoms with Crippen LogP contribution in [0.15, 0.2) is 18.2 Å². The molecule has 0 heterocycles. The first-order valence-corrected chi connectivity index (χ1v) is 7.31. The quantitative estimate of drug-likeness (QED) is 0.786. The molecule has 0 saturated carbocycles. The summed E-state index contributed by atoms with van der Waals surface area (Å²) in [6.07, 6.45) is 0. The van der Waals surface area contributed by atoms with Gasteiger partial charge in [-0.2, -0.15) is 0 Å². The number of nitrogen functional groups attached to an aromatic ring is 1. The smallest absolute Gasteiger partial charge is 0.241 e. The van der Waals surface area contributed by atoms with Crippen LogP contribution in [0, 0.1) is 12.8 Å². The Labute approximate surface area is 122 Å². The minimum absolute atomic E-state index is 0.0342. The summed E-state index contributed by atoms with van der Waals surface area (Å²) in [5.41, 5.74) is 8.36. The molecule has 20 heavy (non-hydrogen) atoms. The number of amides is 1. The predicted molar refractivity (Wildman–Crippen MR) is 85.8 cm³/mol. The fourth-order valence-corrected chi connectivity index (χ4v) is 2.44. The van der Waals surface area contributed by atoms with Crippen molar-refractivity contribution in [3.63, 3.8) is 0 Å². The molecule has 4 nitrogen and oxygen atoms in total. The Morgan fingerprint density at radius 3 is 2.35 bits per heavy atom. The second-order valence-corrected chi connectivity index (χ2v) is 5.47. The van der Waals surface area contributed by atoms with Gasteiger partial charge in [-0.05, 0) is 43.6 Å². The van der Waals surface area contributed by atoms with Crippen molar-refractivity contribution in [2.75, 3.05) is 24.1 Å². The molecule has 0 radical (unpaired) electrons. The van der Waals surface area contributed by atoms with E-state index < -0.39 is 0 Å². The van der Waals surface area contributed by atoms with E-state index in [0.717, 1.165) is 24.3 Å². The molecule has 0 saturated heterocycles. The summed E-state index contributed by atoms with van der Waals surface area (Å²) in [6.45, 7) is 12.0. The molecule has 1 rings (SSSR count). The molecule has 3 N–H and O–H groups in total. The third-order valence-corrected chi connectivity index (χ3v) is 3.65. The Bertz CT molecular complexity index is 453. The lowest BCUT2D eigenvalue weighted by Gasteiger charge is -2.31. The van der Waals surface area contributed by atoms with E-state index in [1.54, 1.807) is 0 Å². The Balaban J connectivity index is 2.88. The maximum atomic E-state index is 12.5. The van der Waals surface area contributed by atoms with Crippen LogP contribution in [0.5, 0.6) is 0 Å². The van der Waals surface area contributed by atoms with Crippen molar-refractivity contribution in [1.82, 2.24) is 4.90 Å². The summed E-state index contributed by atoms with van der Waals surface area (Å²) in [5.74, 6) is 0.296. The third kappa shape index (κ3) is 3.97. The average molecular weight is 277 g/mol. The van der Waals surface area contributed by atoms with E-state index in [9.17, 15) is 4.79 Å². The number of nitrogens with one attached hydrogen (secondary N) is 1. The molecule has 0 aromatic heterocycles. The van der Waals surface area contributed by atoms with Crippen LogP contribution in [0.4, 0.5) is 11.4 Å². The van der Waals surface area contributed by atoms with E-state index >= 15 is 0 Å². The van der Waals surface area contributed by atoms with Crippen molar-refractivity contribution in [2.45, 2.75) is 40.7 Å². The highest BCUT2D eigenvalue weighted by Gasteiger charge is 2.27. The van der Waals surface area contributed by atoms with Gasteiger partial charge in [0.05, 0.1) is 6.04 Å². The number of nitrogens with zero attached hydrogens (tertiary/aromatic N) is 1.